The third-order valence-electron chi connectivity index (χ3n) is 3.86. The molecule has 0 atom stereocenters. The molecule has 0 radical (unpaired) electrons. The van der Waals surface area contributed by atoms with Gasteiger partial charge in [0.1, 0.15) is 17.2 Å². The molecule has 0 saturated carbocycles. The Morgan fingerprint density at radius 3 is 2.19 bits per heavy atom. The van der Waals surface area contributed by atoms with E-state index in [-0.39, 0.29) is 28.6 Å². The van der Waals surface area contributed by atoms with Gasteiger partial charge in [0.05, 0.1) is 5.39 Å². The molecular weight excluding hydrogens is 358 g/mol. The third kappa shape index (κ3) is 3.39. The molecule has 2 amide bonds. The molecule has 0 aliphatic carbocycles. The average molecular weight is 372 g/mol. The highest BCUT2D eigenvalue weighted by Crippen LogP contribution is 2.14. The highest BCUT2D eigenvalue weighted by atomic mass is 19.1. The molecule has 1 heterocycles. The van der Waals surface area contributed by atoms with Gasteiger partial charge < -0.3 is 0 Å². The van der Waals surface area contributed by atoms with E-state index >= 15 is 0 Å². The fourth-order valence-corrected chi connectivity index (χ4v) is 2.57. The van der Waals surface area contributed by atoms with E-state index in [1.54, 1.807) is 25.1 Å². The van der Waals surface area contributed by atoms with E-state index in [0.29, 0.717) is 0 Å². The number of carbonyl (C=O) groups is 2. The van der Waals surface area contributed by atoms with E-state index < -0.39 is 29.0 Å². The number of nitrogens with zero attached hydrogens (tertiary/aromatic N) is 2. The van der Waals surface area contributed by atoms with Crippen molar-refractivity contribution in [2.24, 2.45) is 0 Å². The van der Waals surface area contributed by atoms with Gasteiger partial charge in [0.15, 0.2) is 5.69 Å². The summed E-state index contributed by atoms with van der Waals surface area (Å²) >= 11 is 0. The molecule has 0 bridgehead atoms. The predicted octanol–water partition coefficient (Wildman–Crippen LogP) is 1.77. The predicted molar refractivity (Wildman–Crippen MR) is 93.0 cm³/mol. The second-order valence-corrected chi connectivity index (χ2v) is 5.52. The van der Waals surface area contributed by atoms with E-state index in [2.05, 4.69) is 10.5 Å². The van der Waals surface area contributed by atoms with Crippen LogP contribution in [0.1, 0.15) is 27.8 Å². The zero-order valence-corrected chi connectivity index (χ0v) is 14.1. The molecule has 0 fully saturated rings. The number of rotatable bonds is 3. The summed E-state index contributed by atoms with van der Waals surface area (Å²) in [5.41, 5.74) is 2.72. The van der Waals surface area contributed by atoms with Gasteiger partial charge >= 0.3 is 0 Å². The van der Waals surface area contributed by atoms with Crippen LogP contribution in [-0.4, -0.2) is 21.6 Å². The first kappa shape index (κ1) is 18.2. The molecule has 27 heavy (non-hydrogen) atoms. The number of benzene rings is 2. The summed E-state index contributed by atoms with van der Waals surface area (Å²) < 4.78 is 28.4. The Hall–Kier alpha value is -3.62. The lowest BCUT2D eigenvalue weighted by Gasteiger charge is -2.11. The molecule has 0 aliphatic heterocycles. The fraction of sp³-hybridized carbons (Fsp3) is 0.111. The number of hydrogen-bond acceptors (Lipinski definition) is 4. The highest BCUT2D eigenvalue weighted by molar-refractivity contribution is 6.06. The van der Waals surface area contributed by atoms with Gasteiger partial charge in [-0.2, -0.15) is 5.10 Å². The Bertz CT molecular complexity index is 1090. The van der Waals surface area contributed by atoms with Crippen LogP contribution < -0.4 is 16.4 Å². The number of aromatic nitrogens is 2. The van der Waals surface area contributed by atoms with Gasteiger partial charge in [-0.25, -0.2) is 13.5 Å². The van der Waals surface area contributed by atoms with Crippen molar-refractivity contribution in [3.05, 3.63) is 75.7 Å². The molecule has 2 N–H and O–H groups in total. The van der Waals surface area contributed by atoms with Crippen LogP contribution in [-0.2, 0) is 6.54 Å². The molecular formula is C18H14F2N4O3. The minimum Gasteiger partial charge on any atom is -0.267 e. The SMILES string of the molecule is CCn1nc(C(=O)NNC(=O)c2c(F)cccc2F)c2ccccc2c1=O. The minimum atomic E-state index is -1.16. The molecule has 138 valence electrons. The van der Waals surface area contributed by atoms with Crippen LogP contribution in [0.5, 0.6) is 0 Å². The maximum Gasteiger partial charge on any atom is 0.290 e. The normalized spacial score (nSPS) is 10.6. The van der Waals surface area contributed by atoms with Crippen molar-refractivity contribution >= 4 is 22.6 Å². The lowest BCUT2D eigenvalue weighted by Crippen LogP contribution is -2.43. The Balaban J connectivity index is 1.90. The Kier molecular flexibility index (Phi) is 4.93. The Morgan fingerprint density at radius 1 is 0.963 bits per heavy atom. The van der Waals surface area contributed by atoms with Crippen molar-refractivity contribution in [3.8, 4) is 0 Å². The monoisotopic (exact) mass is 372 g/mol. The summed E-state index contributed by atoms with van der Waals surface area (Å²) in [7, 11) is 0. The molecule has 1 aromatic heterocycles. The summed E-state index contributed by atoms with van der Waals surface area (Å²) in [5, 5.41) is 4.57. The highest BCUT2D eigenvalue weighted by Gasteiger charge is 2.20. The van der Waals surface area contributed by atoms with Gasteiger partial charge in [-0.05, 0) is 25.1 Å². The topological polar surface area (TPSA) is 93.1 Å². The summed E-state index contributed by atoms with van der Waals surface area (Å²) in [6, 6.07) is 9.33. The maximum absolute atomic E-state index is 13.6. The van der Waals surface area contributed by atoms with Crippen LogP contribution >= 0.6 is 0 Å². The Morgan fingerprint density at radius 2 is 1.56 bits per heavy atom. The molecule has 3 aromatic rings. The lowest BCUT2D eigenvalue weighted by atomic mass is 10.1. The van der Waals surface area contributed by atoms with E-state index in [4.69, 9.17) is 0 Å². The van der Waals surface area contributed by atoms with Crippen molar-refractivity contribution in [1.29, 1.82) is 0 Å². The summed E-state index contributed by atoms with van der Waals surface area (Å²) in [6.07, 6.45) is 0. The second kappa shape index (κ2) is 7.32. The first-order chi connectivity index (χ1) is 12.9. The first-order valence-electron chi connectivity index (χ1n) is 7.98. The lowest BCUT2D eigenvalue weighted by molar-refractivity contribution is 0.0838. The largest absolute Gasteiger partial charge is 0.290 e. The van der Waals surface area contributed by atoms with Crippen LogP contribution in [0.4, 0.5) is 8.78 Å². The molecule has 2 aromatic carbocycles. The average Bonchev–Trinajstić information content (AvgIpc) is 2.66. The number of halogens is 2. The third-order valence-corrected chi connectivity index (χ3v) is 3.86. The number of amides is 2. The van der Waals surface area contributed by atoms with E-state index in [1.165, 1.54) is 6.07 Å². The molecule has 0 unspecified atom stereocenters. The van der Waals surface area contributed by atoms with Crippen LogP contribution in [0.25, 0.3) is 10.8 Å². The van der Waals surface area contributed by atoms with Crippen molar-refractivity contribution in [1.82, 2.24) is 20.6 Å². The minimum absolute atomic E-state index is 0.110. The van der Waals surface area contributed by atoms with Crippen LogP contribution in [0.15, 0.2) is 47.3 Å². The van der Waals surface area contributed by atoms with Crippen molar-refractivity contribution < 1.29 is 18.4 Å². The molecule has 0 spiro atoms. The van der Waals surface area contributed by atoms with E-state index in [9.17, 15) is 23.2 Å². The maximum atomic E-state index is 13.6. The number of hydrazine groups is 1. The summed E-state index contributed by atoms with van der Waals surface area (Å²) in [5.74, 6) is -4.12. The quantitative estimate of drug-likeness (QED) is 0.686. The van der Waals surface area contributed by atoms with Crippen molar-refractivity contribution in [2.75, 3.05) is 0 Å². The van der Waals surface area contributed by atoms with Gasteiger partial charge in [-0.15, -0.1) is 0 Å². The molecule has 3 rings (SSSR count). The smallest absolute Gasteiger partial charge is 0.267 e. The van der Waals surface area contributed by atoms with Crippen LogP contribution in [0.3, 0.4) is 0 Å². The molecule has 0 aliphatic rings. The Labute approximate surface area is 151 Å². The van der Waals surface area contributed by atoms with Crippen molar-refractivity contribution in [3.63, 3.8) is 0 Å². The fourth-order valence-electron chi connectivity index (χ4n) is 2.57. The zero-order valence-electron chi connectivity index (χ0n) is 14.1. The van der Waals surface area contributed by atoms with E-state index in [1.807, 2.05) is 5.43 Å². The molecule has 9 heteroatoms. The number of fused-ring (bicyclic) bond motifs is 1. The van der Waals surface area contributed by atoms with Gasteiger partial charge in [0, 0.05) is 11.9 Å². The van der Waals surface area contributed by atoms with E-state index in [0.717, 1.165) is 22.9 Å². The molecule has 0 saturated heterocycles. The summed E-state index contributed by atoms with van der Waals surface area (Å²) in [6.45, 7) is 1.92. The number of hydrogen-bond donors (Lipinski definition) is 2. The number of nitrogens with one attached hydrogen (secondary N) is 2. The second-order valence-electron chi connectivity index (χ2n) is 5.52. The van der Waals surface area contributed by atoms with Crippen molar-refractivity contribution in [2.45, 2.75) is 13.5 Å². The van der Waals surface area contributed by atoms with Gasteiger partial charge in [0.25, 0.3) is 17.4 Å². The van der Waals surface area contributed by atoms with Crippen LogP contribution in [0, 0.1) is 11.6 Å². The zero-order chi connectivity index (χ0) is 19.6. The number of aryl methyl sites for hydroxylation is 1. The summed E-state index contributed by atoms with van der Waals surface area (Å²) in [4.78, 5) is 36.7. The van der Waals surface area contributed by atoms with Gasteiger partial charge in [-0.3, -0.25) is 25.2 Å². The van der Waals surface area contributed by atoms with Crippen LogP contribution in [0.2, 0.25) is 0 Å². The molecule has 7 nitrogen and oxygen atoms in total. The number of carbonyl (C=O) groups excluding carboxylic acids is 2. The van der Waals surface area contributed by atoms with Gasteiger partial charge in [-0.1, -0.05) is 24.3 Å². The standard InChI is InChI=1S/C18H14F2N4O3/c1-2-24-18(27)11-7-4-3-6-10(11)15(23-24)17(26)22-21-16(25)14-12(19)8-5-9-13(14)20/h3-9H,2H2,1H3,(H,21,25)(H,22,26). The van der Waals surface area contributed by atoms with Gasteiger partial charge in [0.2, 0.25) is 0 Å². The first-order valence-corrected chi connectivity index (χ1v) is 7.98.